The fourth-order valence-electron chi connectivity index (χ4n) is 1.84. The van der Waals surface area contributed by atoms with Gasteiger partial charge in [-0.1, -0.05) is 44.2 Å². The zero-order chi connectivity index (χ0) is 15.0. The minimum absolute atomic E-state index is 0.0797. The first-order chi connectivity index (χ1) is 9.52. The molecule has 0 spiro atoms. The van der Waals surface area contributed by atoms with Crippen molar-refractivity contribution in [2.45, 2.75) is 39.0 Å². The van der Waals surface area contributed by atoms with Crippen LogP contribution in [0.3, 0.4) is 0 Å². The van der Waals surface area contributed by atoms with E-state index in [9.17, 15) is 9.90 Å². The van der Waals surface area contributed by atoms with Gasteiger partial charge in [0.2, 0.25) is 0 Å². The van der Waals surface area contributed by atoms with Gasteiger partial charge in [0.05, 0.1) is 18.0 Å². The normalized spacial score (nSPS) is 13.8. The summed E-state index contributed by atoms with van der Waals surface area (Å²) in [6, 6.07) is 9.04. The van der Waals surface area contributed by atoms with Crippen LogP contribution in [0.5, 0.6) is 0 Å². The Labute approximate surface area is 125 Å². The number of benzene rings is 1. The van der Waals surface area contributed by atoms with Gasteiger partial charge in [-0.15, -0.1) is 11.6 Å². The summed E-state index contributed by atoms with van der Waals surface area (Å²) in [5.41, 5.74) is 0.918. The Bertz CT molecular complexity index is 397. The summed E-state index contributed by atoms with van der Waals surface area (Å²) < 4.78 is 5.13. The van der Waals surface area contributed by atoms with Crippen LogP contribution in [0.15, 0.2) is 30.3 Å². The first kappa shape index (κ1) is 16.8. The van der Waals surface area contributed by atoms with Crippen molar-refractivity contribution in [1.29, 1.82) is 0 Å². The Morgan fingerprint density at radius 3 is 2.55 bits per heavy atom. The van der Waals surface area contributed by atoms with Gasteiger partial charge in [0.25, 0.3) is 0 Å². The second-order valence-corrected chi connectivity index (χ2v) is 5.47. The number of ether oxygens (including phenoxy) is 1. The SMILES string of the molecule is CC(C)C[C@H](NC(=O)OCc1ccccc1)[C@@H](O)CCl. The van der Waals surface area contributed by atoms with Gasteiger partial charge in [0.1, 0.15) is 6.61 Å². The van der Waals surface area contributed by atoms with Crippen molar-refractivity contribution in [2.75, 3.05) is 5.88 Å². The third-order valence-corrected chi connectivity index (χ3v) is 3.18. The standard InChI is InChI=1S/C15H22ClNO3/c1-11(2)8-13(14(18)9-16)17-15(19)20-10-12-6-4-3-5-7-12/h3-7,11,13-14,18H,8-10H2,1-2H3,(H,17,19)/t13-,14-/m0/s1. The van der Waals surface area contributed by atoms with E-state index >= 15 is 0 Å². The van der Waals surface area contributed by atoms with Crippen LogP contribution in [0.2, 0.25) is 0 Å². The first-order valence-corrected chi connectivity index (χ1v) is 7.27. The molecule has 20 heavy (non-hydrogen) atoms. The van der Waals surface area contributed by atoms with Crippen LogP contribution < -0.4 is 5.32 Å². The number of halogens is 1. The second-order valence-electron chi connectivity index (χ2n) is 5.16. The number of carbonyl (C=O) groups excluding carboxylic acids is 1. The van der Waals surface area contributed by atoms with E-state index in [2.05, 4.69) is 5.32 Å². The van der Waals surface area contributed by atoms with Crippen molar-refractivity contribution < 1.29 is 14.6 Å². The second kappa shape index (κ2) is 8.82. The number of alkyl halides is 1. The number of rotatable bonds is 7. The molecule has 0 bridgehead atoms. The summed E-state index contributed by atoms with van der Waals surface area (Å²) in [5, 5.41) is 12.5. The van der Waals surface area contributed by atoms with Crippen LogP contribution in [0.4, 0.5) is 4.79 Å². The first-order valence-electron chi connectivity index (χ1n) is 6.74. The average Bonchev–Trinajstić information content (AvgIpc) is 2.44. The molecule has 0 aromatic heterocycles. The molecule has 2 N–H and O–H groups in total. The highest BCUT2D eigenvalue weighted by atomic mass is 35.5. The largest absolute Gasteiger partial charge is 0.445 e. The smallest absolute Gasteiger partial charge is 0.407 e. The third kappa shape index (κ3) is 6.26. The molecule has 0 aliphatic carbocycles. The van der Waals surface area contributed by atoms with Gasteiger partial charge in [0.15, 0.2) is 0 Å². The molecule has 4 nitrogen and oxygen atoms in total. The summed E-state index contributed by atoms with van der Waals surface area (Å²) in [7, 11) is 0. The van der Waals surface area contributed by atoms with Crippen LogP contribution >= 0.6 is 11.6 Å². The molecular formula is C15H22ClNO3. The summed E-state index contributed by atoms with van der Waals surface area (Å²) in [6.45, 7) is 4.24. The van der Waals surface area contributed by atoms with Crippen molar-refractivity contribution in [3.8, 4) is 0 Å². The zero-order valence-electron chi connectivity index (χ0n) is 11.9. The van der Waals surface area contributed by atoms with E-state index in [0.29, 0.717) is 12.3 Å². The lowest BCUT2D eigenvalue weighted by atomic mass is 10.0. The predicted molar refractivity (Wildman–Crippen MR) is 79.7 cm³/mol. The summed E-state index contributed by atoms with van der Waals surface area (Å²) in [5.74, 6) is 0.420. The molecule has 112 valence electrons. The number of carbonyl (C=O) groups is 1. The molecule has 0 unspecified atom stereocenters. The van der Waals surface area contributed by atoms with Crippen LogP contribution in [-0.2, 0) is 11.3 Å². The van der Waals surface area contributed by atoms with Gasteiger partial charge in [-0.25, -0.2) is 4.79 Å². The molecule has 2 atom stereocenters. The Morgan fingerprint density at radius 1 is 1.35 bits per heavy atom. The minimum Gasteiger partial charge on any atom is -0.445 e. The van der Waals surface area contributed by atoms with Crippen LogP contribution in [0, 0.1) is 5.92 Å². The van der Waals surface area contributed by atoms with E-state index in [1.807, 2.05) is 44.2 Å². The number of hydrogen-bond acceptors (Lipinski definition) is 3. The molecule has 0 aliphatic heterocycles. The highest BCUT2D eigenvalue weighted by Crippen LogP contribution is 2.10. The van der Waals surface area contributed by atoms with Gasteiger partial charge in [-0.05, 0) is 17.9 Å². The van der Waals surface area contributed by atoms with E-state index in [-0.39, 0.29) is 12.5 Å². The molecular weight excluding hydrogens is 278 g/mol. The van der Waals surface area contributed by atoms with Crippen molar-refractivity contribution >= 4 is 17.7 Å². The van der Waals surface area contributed by atoms with Gasteiger partial charge < -0.3 is 15.2 Å². The number of alkyl carbamates (subject to hydrolysis) is 1. The lowest BCUT2D eigenvalue weighted by molar-refractivity contribution is 0.104. The highest BCUT2D eigenvalue weighted by molar-refractivity contribution is 6.18. The Hall–Kier alpha value is -1.26. The number of amides is 1. The third-order valence-electron chi connectivity index (χ3n) is 2.86. The van der Waals surface area contributed by atoms with Crippen molar-refractivity contribution in [2.24, 2.45) is 5.92 Å². The van der Waals surface area contributed by atoms with E-state index in [0.717, 1.165) is 5.56 Å². The molecule has 0 fully saturated rings. The molecule has 0 saturated heterocycles. The lowest BCUT2D eigenvalue weighted by Gasteiger charge is -2.24. The number of nitrogens with one attached hydrogen (secondary N) is 1. The molecule has 0 radical (unpaired) electrons. The van der Waals surface area contributed by atoms with E-state index in [1.165, 1.54) is 0 Å². The van der Waals surface area contributed by atoms with E-state index in [1.54, 1.807) is 0 Å². The van der Waals surface area contributed by atoms with Gasteiger partial charge in [0, 0.05) is 0 Å². The van der Waals surface area contributed by atoms with Gasteiger partial charge in [-0.2, -0.15) is 0 Å². The number of aliphatic hydroxyl groups is 1. The maximum Gasteiger partial charge on any atom is 0.407 e. The number of aliphatic hydroxyl groups excluding tert-OH is 1. The quantitative estimate of drug-likeness (QED) is 0.761. The molecule has 0 saturated carbocycles. The Morgan fingerprint density at radius 2 is 2.00 bits per heavy atom. The van der Waals surface area contributed by atoms with Crippen molar-refractivity contribution in [3.05, 3.63) is 35.9 Å². The fraction of sp³-hybridized carbons (Fsp3) is 0.533. The predicted octanol–water partition coefficient (Wildman–Crippen LogP) is 2.93. The maximum atomic E-state index is 11.7. The topological polar surface area (TPSA) is 58.6 Å². The lowest BCUT2D eigenvalue weighted by Crippen LogP contribution is -2.45. The maximum absolute atomic E-state index is 11.7. The van der Waals surface area contributed by atoms with Gasteiger partial charge in [-0.3, -0.25) is 0 Å². The summed E-state index contributed by atoms with van der Waals surface area (Å²) in [4.78, 5) is 11.7. The molecule has 1 amide bonds. The van der Waals surface area contributed by atoms with Crippen molar-refractivity contribution in [3.63, 3.8) is 0 Å². The molecule has 5 heteroatoms. The molecule has 1 aromatic rings. The van der Waals surface area contributed by atoms with E-state index < -0.39 is 18.2 Å². The summed E-state index contributed by atoms with van der Waals surface area (Å²) >= 11 is 5.64. The number of hydrogen-bond donors (Lipinski definition) is 2. The monoisotopic (exact) mass is 299 g/mol. The molecule has 0 heterocycles. The fourth-order valence-corrected chi connectivity index (χ4v) is 2.06. The van der Waals surface area contributed by atoms with Crippen LogP contribution in [-0.4, -0.2) is 29.2 Å². The molecule has 0 aliphatic rings. The van der Waals surface area contributed by atoms with Gasteiger partial charge >= 0.3 is 6.09 Å². The Balaban J connectivity index is 2.45. The van der Waals surface area contributed by atoms with Crippen LogP contribution in [0.1, 0.15) is 25.8 Å². The average molecular weight is 300 g/mol. The van der Waals surface area contributed by atoms with Crippen LogP contribution in [0.25, 0.3) is 0 Å². The molecule has 1 rings (SSSR count). The molecule has 1 aromatic carbocycles. The summed E-state index contributed by atoms with van der Waals surface area (Å²) in [6.07, 6.45) is -0.666. The van der Waals surface area contributed by atoms with Crippen molar-refractivity contribution in [1.82, 2.24) is 5.32 Å². The minimum atomic E-state index is -0.775. The van der Waals surface area contributed by atoms with E-state index in [4.69, 9.17) is 16.3 Å². The Kier molecular flexibility index (Phi) is 7.41. The highest BCUT2D eigenvalue weighted by Gasteiger charge is 2.22. The zero-order valence-corrected chi connectivity index (χ0v) is 12.6.